The molecule has 6 heteroatoms. The van der Waals surface area contributed by atoms with Crippen LogP contribution in [0.15, 0.2) is 10.9 Å². The molecule has 0 aliphatic carbocycles. The monoisotopic (exact) mass is 212 g/mol. The molecule has 0 fully saturated rings. The van der Waals surface area contributed by atoms with Gasteiger partial charge >= 0.3 is 0 Å². The van der Waals surface area contributed by atoms with Crippen LogP contribution in [-0.2, 0) is 11.2 Å². The van der Waals surface area contributed by atoms with Gasteiger partial charge in [-0.05, 0) is 6.92 Å². The average Bonchev–Trinajstić information content (AvgIpc) is 2.70. The molecule has 6 nitrogen and oxygen atoms in total. The second-order valence-electron chi connectivity index (χ2n) is 3.05. The van der Waals surface area contributed by atoms with Crippen LogP contribution < -0.4 is 10.6 Å². The van der Waals surface area contributed by atoms with Crippen molar-refractivity contribution in [1.29, 1.82) is 0 Å². The van der Waals surface area contributed by atoms with Gasteiger partial charge in [0.05, 0.1) is 0 Å². The van der Waals surface area contributed by atoms with Crippen molar-refractivity contribution >= 4 is 5.91 Å². The minimum Gasteiger partial charge on any atom is -0.356 e. The first-order valence-corrected chi connectivity index (χ1v) is 5.05. The van der Waals surface area contributed by atoms with E-state index < -0.39 is 0 Å². The lowest BCUT2D eigenvalue weighted by Crippen LogP contribution is -2.28. The molecule has 0 atom stereocenters. The first kappa shape index (κ1) is 11.6. The van der Waals surface area contributed by atoms with Crippen LogP contribution >= 0.6 is 0 Å². The van der Waals surface area contributed by atoms with E-state index in [9.17, 15) is 4.79 Å². The fraction of sp³-hybridized carbons (Fsp3) is 0.667. The van der Waals surface area contributed by atoms with Crippen molar-refractivity contribution < 1.29 is 9.32 Å². The minimum atomic E-state index is 0.0737. The number of hydrogen-bond acceptors (Lipinski definition) is 5. The molecule has 0 saturated carbocycles. The number of carbonyl (C=O) groups excluding carboxylic acids is 1. The molecule has 0 unspecified atom stereocenters. The first-order chi connectivity index (χ1) is 7.33. The molecule has 1 heterocycles. The van der Waals surface area contributed by atoms with Gasteiger partial charge in [-0.3, -0.25) is 4.79 Å². The Bertz CT molecular complexity index is 274. The summed E-state index contributed by atoms with van der Waals surface area (Å²) in [6.07, 6.45) is 2.52. The second kappa shape index (κ2) is 6.94. The summed E-state index contributed by atoms with van der Waals surface area (Å²) >= 11 is 0. The van der Waals surface area contributed by atoms with E-state index in [0.29, 0.717) is 31.8 Å². The number of rotatable bonds is 7. The molecular weight excluding hydrogens is 196 g/mol. The highest BCUT2D eigenvalue weighted by molar-refractivity contribution is 5.75. The van der Waals surface area contributed by atoms with E-state index in [4.69, 9.17) is 0 Å². The number of amides is 1. The molecule has 0 aliphatic heterocycles. The van der Waals surface area contributed by atoms with Crippen LogP contribution in [0.5, 0.6) is 0 Å². The summed E-state index contributed by atoms with van der Waals surface area (Å²) in [7, 11) is 0. The maximum atomic E-state index is 11.0. The zero-order chi connectivity index (χ0) is 10.9. The Kier molecular flexibility index (Phi) is 5.39. The fourth-order valence-corrected chi connectivity index (χ4v) is 1.12. The van der Waals surface area contributed by atoms with E-state index in [1.165, 1.54) is 6.39 Å². The van der Waals surface area contributed by atoms with Gasteiger partial charge in [-0.25, -0.2) is 0 Å². The van der Waals surface area contributed by atoms with E-state index in [2.05, 4.69) is 25.3 Å². The summed E-state index contributed by atoms with van der Waals surface area (Å²) in [6.45, 7) is 4.01. The Labute approximate surface area is 88.4 Å². The molecule has 0 saturated heterocycles. The third kappa shape index (κ3) is 5.11. The van der Waals surface area contributed by atoms with Crippen molar-refractivity contribution in [3.63, 3.8) is 0 Å². The zero-order valence-corrected chi connectivity index (χ0v) is 8.82. The third-order valence-electron chi connectivity index (χ3n) is 1.84. The number of carbonyl (C=O) groups is 1. The molecule has 15 heavy (non-hydrogen) atoms. The van der Waals surface area contributed by atoms with Gasteiger partial charge in [-0.15, -0.1) is 0 Å². The molecule has 0 aromatic carbocycles. The van der Waals surface area contributed by atoms with Crippen LogP contribution in [0.25, 0.3) is 0 Å². The summed E-state index contributed by atoms with van der Waals surface area (Å²) < 4.78 is 4.59. The quantitative estimate of drug-likeness (QED) is 0.608. The Morgan fingerprint density at radius 3 is 3.07 bits per heavy atom. The Balaban J connectivity index is 1.95. The van der Waals surface area contributed by atoms with E-state index in [-0.39, 0.29) is 5.91 Å². The molecule has 0 spiro atoms. The average molecular weight is 212 g/mol. The lowest BCUT2D eigenvalue weighted by molar-refractivity contribution is -0.120. The molecule has 0 bridgehead atoms. The molecule has 1 aromatic heterocycles. The summed E-state index contributed by atoms with van der Waals surface area (Å²) in [4.78, 5) is 14.9. The van der Waals surface area contributed by atoms with Gasteiger partial charge in [0, 0.05) is 32.5 Å². The van der Waals surface area contributed by atoms with Crippen LogP contribution in [0, 0.1) is 0 Å². The Hall–Kier alpha value is -1.43. The number of nitrogens with zero attached hydrogens (tertiary/aromatic N) is 2. The van der Waals surface area contributed by atoms with Crippen LogP contribution in [0.3, 0.4) is 0 Å². The van der Waals surface area contributed by atoms with Gasteiger partial charge in [0.25, 0.3) is 0 Å². The Morgan fingerprint density at radius 2 is 2.40 bits per heavy atom. The number of nitrogens with one attached hydrogen (secondary N) is 2. The van der Waals surface area contributed by atoms with E-state index in [1.807, 2.05) is 6.92 Å². The van der Waals surface area contributed by atoms with E-state index in [1.54, 1.807) is 0 Å². The number of hydrogen-bond donors (Lipinski definition) is 2. The molecule has 1 amide bonds. The summed E-state index contributed by atoms with van der Waals surface area (Å²) in [5.41, 5.74) is 0. The van der Waals surface area contributed by atoms with Crippen molar-refractivity contribution in [2.45, 2.75) is 19.8 Å². The fourth-order valence-electron chi connectivity index (χ4n) is 1.12. The lowest BCUT2D eigenvalue weighted by Gasteiger charge is -2.03. The van der Waals surface area contributed by atoms with E-state index in [0.717, 1.165) is 6.54 Å². The van der Waals surface area contributed by atoms with Gasteiger partial charge in [-0.2, -0.15) is 4.98 Å². The van der Waals surface area contributed by atoms with Gasteiger partial charge in [-0.1, -0.05) is 5.16 Å². The third-order valence-corrected chi connectivity index (χ3v) is 1.84. The lowest BCUT2D eigenvalue weighted by atomic mass is 10.3. The molecular formula is C9H16N4O2. The standard InChI is InChI=1S/C9H16N4O2/c1-2-11-9(14)4-6-10-5-3-8-12-7-15-13-8/h7,10H,2-6H2,1H3,(H,11,14). The SMILES string of the molecule is CCNC(=O)CCNCCc1ncon1. The largest absolute Gasteiger partial charge is 0.356 e. The van der Waals surface area contributed by atoms with Crippen LogP contribution in [-0.4, -0.2) is 35.7 Å². The van der Waals surface area contributed by atoms with Crippen molar-refractivity contribution in [2.24, 2.45) is 0 Å². The molecule has 1 rings (SSSR count). The highest BCUT2D eigenvalue weighted by Gasteiger charge is 1.99. The number of aromatic nitrogens is 2. The maximum Gasteiger partial charge on any atom is 0.221 e. The van der Waals surface area contributed by atoms with Crippen molar-refractivity contribution in [3.8, 4) is 0 Å². The minimum absolute atomic E-state index is 0.0737. The van der Waals surface area contributed by atoms with Crippen molar-refractivity contribution in [2.75, 3.05) is 19.6 Å². The van der Waals surface area contributed by atoms with Crippen LogP contribution in [0.1, 0.15) is 19.2 Å². The predicted molar refractivity (Wildman–Crippen MR) is 54.2 cm³/mol. The molecule has 0 aliphatic rings. The van der Waals surface area contributed by atoms with Crippen LogP contribution in [0.4, 0.5) is 0 Å². The summed E-state index contributed by atoms with van der Waals surface area (Å²) in [5.74, 6) is 0.755. The van der Waals surface area contributed by atoms with Gasteiger partial charge in [0.1, 0.15) is 0 Å². The van der Waals surface area contributed by atoms with Crippen molar-refractivity contribution in [1.82, 2.24) is 20.8 Å². The second-order valence-corrected chi connectivity index (χ2v) is 3.05. The van der Waals surface area contributed by atoms with Gasteiger partial charge < -0.3 is 15.2 Å². The summed E-state index contributed by atoms with van der Waals surface area (Å²) in [6, 6.07) is 0. The highest BCUT2D eigenvalue weighted by Crippen LogP contribution is 1.88. The van der Waals surface area contributed by atoms with E-state index >= 15 is 0 Å². The van der Waals surface area contributed by atoms with Crippen molar-refractivity contribution in [3.05, 3.63) is 12.2 Å². The van der Waals surface area contributed by atoms with Crippen LogP contribution in [0.2, 0.25) is 0 Å². The smallest absolute Gasteiger partial charge is 0.221 e. The van der Waals surface area contributed by atoms with Gasteiger partial charge in [0.15, 0.2) is 5.82 Å². The highest BCUT2D eigenvalue weighted by atomic mass is 16.5. The maximum absolute atomic E-state index is 11.0. The topological polar surface area (TPSA) is 80.0 Å². The first-order valence-electron chi connectivity index (χ1n) is 5.05. The molecule has 84 valence electrons. The summed E-state index contributed by atoms with van der Waals surface area (Å²) in [5, 5.41) is 9.53. The molecule has 0 radical (unpaired) electrons. The normalized spacial score (nSPS) is 10.2. The predicted octanol–water partition coefficient (Wildman–Crippen LogP) is -0.272. The zero-order valence-electron chi connectivity index (χ0n) is 8.82. The Morgan fingerprint density at radius 1 is 1.53 bits per heavy atom. The molecule has 1 aromatic rings. The molecule has 2 N–H and O–H groups in total. The van der Waals surface area contributed by atoms with Gasteiger partial charge in [0.2, 0.25) is 12.3 Å².